The molecule has 0 aromatic heterocycles. The Balaban J connectivity index is 1.97. The number of nitrogens with one attached hydrogen (secondary N) is 2. The summed E-state index contributed by atoms with van der Waals surface area (Å²) in [6.45, 7) is 4.28. The molecule has 9 nitrogen and oxygen atoms in total. The van der Waals surface area contributed by atoms with E-state index < -0.39 is 41.2 Å². The predicted molar refractivity (Wildman–Crippen MR) is 110 cm³/mol. The van der Waals surface area contributed by atoms with Crippen molar-refractivity contribution in [2.75, 3.05) is 11.9 Å². The number of esters is 1. The first-order valence-electron chi connectivity index (χ1n) is 9.37. The van der Waals surface area contributed by atoms with E-state index in [2.05, 4.69) is 10.6 Å². The summed E-state index contributed by atoms with van der Waals surface area (Å²) in [6.07, 6.45) is 0. The van der Waals surface area contributed by atoms with Crippen molar-refractivity contribution in [3.8, 4) is 0 Å². The summed E-state index contributed by atoms with van der Waals surface area (Å²) in [7, 11) is 0. The molecule has 164 valence electrons. The van der Waals surface area contributed by atoms with Crippen LogP contribution in [0.5, 0.6) is 0 Å². The Kier molecular flexibility index (Phi) is 7.78. The topological polar surface area (TPSA) is 128 Å². The van der Waals surface area contributed by atoms with Gasteiger partial charge in [-0.05, 0) is 36.6 Å². The minimum atomic E-state index is -1.10. The number of carbonyl (C=O) groups excluding carboxylic acids is 3. The smallest absolute Gasteiger partial charge is 0.329 e. The second kappa shape index (κ2) is 10.3. The number of nitro benzene ring substituents is 1. The van der Waals surface area contributed by atoms with Crippen molar-refractivity contribution in [2.45, 2.75) is 26.8 Å². The normalized spacial score (nSPS) is 11.5. The Labute approximate surface area is 177 Å². The third-order valence-corrected chi connectivity index (χ3v) is 4.37. The number of rotatable bonds is 8. The maximum atomic E-state index is 13.8. The number of non-ortho nitro benzene ring substituents is 1. The van der Waals surface area contributed by atoms with E-state index in [1.807, 2.05) is 0 Å². The van der Waals surface area contributed by atoms with Gasteiger partial charge in [0.05, 0.1) is 10.5 Å². The molecular formula is C21H22FN3O6. The maximum absolute atomic E-state index is 13.8. The zero-order chi connectivity index (χ0) is 23.1. The van der Waals surface area contributed by atoms with Gasteiger partial charge in [0.2, 0.25) is 0 Å². The molecule has 0 fully saturated rings. The Morgan fingerprint density at radius 1 is 1.16 bits per heavy atom. The quantitative estimate of drug-likeness (QED) is 0.376. The SMILES string of the molecule is Cc1cc([N+](=O)[O-])ccc1NC(=O)COC(=O)[C@@H](NC(=O)c1ccccc1F)C(C)C. The van der Waals surface area contributed by atoms with Gasteiger partial charge in [-0.1, -0.05) is 26.0 Å². The Morgan fingerprint density at radius 2 is 1.84 bits per heavy atom. The Morgan fingerprint density at radius 3 is 2.42 bits per heavy atom. The summed E-state index contributed by atoms with van der Waals surface area (Å²) in [6, 6.07) is 8.16. The number of benzene rings is 2. The van der Waals surface area contributed by atoms with Crippen molar-refractivity contribution < 1.29 is 28.4 Å². The van der Waals surface area contributed by atoms with Gasteiger partial charge >= 0.3 is 5.97 Å². The number of ether oxygens (including phenoxy) is 1. The first-order valence-corrected chi connectivity index (χ1v) is 9.37. The predicted octanol–water partition coefficient (Wildman–Crippen LogP) is 2.98. The average molecular weight is 431 g/mol. The fourth-order valence-electron chi connectivity index (χ4n) is 2.68. The molecule has 2 rings (SSSR count). The summed E-state index contributed by atoms with van der Waals surface area (Å²) < 4.78 is 18.8. The van der Waals surface area contributed by atoms with E-state index in [9.17, 15) is 28.9 Å². The molecule has 0 radical (unpaired) electrons. The van der Waals surface area contributed by atoms with Crippen LogP contribution in [-0.2, 0) is 14.3 Å². The maximum Gasteiger partial charge on any atom is 0.329 e. The number of halogens is 1. The van der Waals surface area contributed by atoms with Gasteiger partial charge in [-0.25, -0.2) is 9.18 Å². The second-order valence-corrected chi connectivity index (χ2v) is 7.09. The van der Waals surface area contributed by atoms with Gasteiger partial charge in [0, 0.05) is 17.8 Å². The summed E-state index contributed by atoms with van der Waals surface area (Å²) in [5.74, 6) is -3.40. The van der Waals surface area contributed by atoms with Crippen LogP contribution >= 0.6 is 0 Å². The molecule has 31 heavy (non-hydrogen) atoms. The van der Waals surface area contributed by atoms with Crippen LogP contribution in [0.25, 0.3) is 0 Å². The van der Waals surface area contributed by atoms with Crippen molar-refractivity contribution in [3.05, 3.63) is 69.5 Å². The van der Waals surface area contributed by atoms with Gasteiger partial charge in [0.15, 0.2) is 6.61 Å². The van der Waals surface area contributed by atoms with Crippen LogP contribution in [0.1, 0.15) is 29.8 Å². The monoisotopic (exact) mass is 431 g/mol. The number of nitro groups is 1. The van der Waals surface area contributed by atoms with Crippen LogP contribution in [0.2, 0.25) is 0 Å². The number of anilines is 1. The van der Waals surface area contributed by atoms with Gasteiger partial charge in [-0.15, -0.1) is 0 Å². The second-order valence-electron chi connectivity index (χ2n) is 7.09. The number of aryl methyl sites for hydroxylation is 1. The lowest BCUT2D eigenvalue weighted by Crippen LogP contribution is -2.46. The van der Waals surface area contributed by atoms with Crippen LogP contribution in [-0.4, -0.2) is 35.4 Å². The molecule has 0 aliphatic rings. The Hall–Kier alpha value is -3.82. The molecule has 0 heterocycles. The molecule has 0 aliphatic carbocycles. The molecule has 0 bridgehead atoms. The highest BCUT2D eigenvalue weighted by Gasteiger charge is 2.27. The minimum Gasteiger partial charge on any atom is -0.454 e. The first-order chi connectivity index (χ1) is 14.6. The van der Waals surface area contributed by atoms with Crippen LogP contribution in [0.4, 0.5) is 15.8 Å². The van der Waals surface area contributed by atoms with E-state index in [0.29, 0.717) is 11.3 Å². The number of hydrogen-bond acceptors (Lipinski definition) is 6. The molecule has 0 saturated heterocycles. The molecule has 2 aromatic carbocycles. The van der Waals surface area contributed by atoms with Crippen molar-refractivity contribution >= 4 is 29.2 Å². The van der Waals surface area contributed by atoms with Crippen molar-refractivity contribution in [1.29, 1.82) is 0 Å². The highest BCUT2D eigenvalue weighted by Crippen LogP contribution is 2.21. The van der Waals surface area contributed by atoms with Gasteiger partial charge in [-0.2, -0.15) is 0 Å². The average Bonchev–Trinajstić information content (AvgIpc) is 2.71. The standard InChI is InChI=1S/C21H22FN3O6/c1-12(2)19(24-20(27)15-6-4-5-7-16(15)22)21(28)31-11-18(26)23-17-9-8-14(25(29)30)10-13(17)3/h4-10,12,19H,11H2,1-3H3,(H,23,26)(H,24,27)/t19-/m0/s1. The molecular weight excluding hydrogens is 409 g/mol. The van der Waals surface area contributed by atoms with Crippen molar-refractivity contribution in [1.82, 2.24) is 5.32 Å². The van der Waals surface area contributed by atoms with E-state index in [4.69, 9.17) is 4.74 Å². The van der Waals surface area contributed by atoms with Crippen LogP contribution in [0.15, 0.2) is 42.5 Å². The highest BCUT2D eigenvalue weighted by molar-refractivity contribution is 5.98. The molecule has 0 saturated carbocycles. The lowest BCUT2D eigenvalue weighted by molar-refractivity contribution is -0.384. The molecule has 2 aromatic rings. The molecule has 0 unspecified atom stereocenters. The van der Waals surface area contributed by atoms with E-state index >= 15 is 0 Å². The molecule has 10 heteroatoms. The van der Waals surface area contributed by atoms with Gasteiger partial charge in [0.25, 0.3) is 17.5 Å². The van der Waals surface area contributed by atoms with Crippen LogP contribution in [0.3, 0.4) is 0 Å². The first kappa shape index (κ1) is 23.5. The Bertz CT molecular complexity index is 1010. The van der Waals surface area contributed by atoms with E-state index in [1.165, 1.54) is 36.4 Å². The van der Waals surface area contributed by atoms with Crippen LogP contribution < -0.4 is 10.6 Å². The summed E-state index contributed by atoms with van der Waals surface area (Å²) in [4.78, 5) is 47.0. The molecule has 2 N–H and O–H groups in total. The van der Waals surface area contributed by atoms with Gasteiger partial charge in [-0.3, -0.25) is 19.7 Å². The summed E-state index contributed by atoms with van der Waals surface area (Å²) in [5, 5.41) is 15.7. The zero-order valence-electron chi connectivity index (χ0n) is 17.2. The largest absolute Gasteiger partial charge is 0.454 e. The summed E-state index contributed by atoms with van der Waals surface area (Å²) in [5.41, 5.74) is 0.464. The van der Waals surface area contributed by atoms with E-state index in [1.54, 1.807) is 20.8 Å². The summed E-state index contributed by atoms with van der Waals surface area (Å²) >= 11 is 0. The van der Waals surface area contributed by atoms with Crippen LogP contribution in [0, 0.1) is 28.8 Å². The molecule has 0 aliphatic heterocycles. The highest BCUT2D eigenvalue weighted by atomic mass is 19.1. The van der Waals surface area contributed by atoms with Crippen molar-refractivity contribution in [2.24, 2.45) is 5.92 Å². The number of nitrogens with zero attached hydrogens (tertiary/aromatic N) is 1. The fourth-order valence-corrected chi connectivity index (χ4v) is 2.68. The molecule has 0 spiro atoms. The molecule has 1 atom stereocenters. The molecule has 2 amide bonds. The van der Waals surface area contributed by atoms with Gasteiger partial charge in [0.1, 0.15) is 11.9 Å². The number of hydrogen-bond donors (Lipinski definition) is 2. The zero-order valence-corrected chi connectivity index (χ0v) is 17.2. The lowest BCUT2D eigenvalue weighted by atomic mass is 10.0. The lowest BCUT2D eigenvalue weighted by Gasteiger charge is -2.21. The van der Waals surface area contributed by atoms with Gasteiger partial charge < -0.3 is 15.4 Å². The third kappa shape index (κ3) is 6.33. The number of carbonyl (C=O) groups is 3. The fraction of sp³-hybridized carbons (Fsp3) is 0.286. The number of amides is 2. The minimum absolute atomic E-state index is 0.118. The third-order valence-electron chi connectivity index (χ3n) is 4.37. The van der Waals surface area contributed by atoms with Crippen molar-refractivity contribution in [3.63, 3.8) is 0 Å². The van der Waals surface area contributed by atoms with E-state index in [-0.39, 0.29) is 17.2 Å². The van der Waals surface area contributed by atoms with E-state index in [0.717, 1.165) is 6.07 Å².